The molecule has 0 spiro atoms. The molecule has 0 aliphatic carbocycles. The third-order valence-corrected chi connectivity index (χ3v) is 1.81. The molecule has 2 atom stereocenters. The van der Waals surface area contributed by atoms with Crippen LogP contribution in [0.1, 0.15) is 18.7 Å². The van der Waals surface area contributed by atoms with E-state index in [0.717, 1.165) is 0 Å². The summed E-state index contributed by atoms with van der Waals surface area (Å²) in [5, 5.41) is 9.55. The predicted octanol–water partition coefficient (Wildman–Crippen LogP) is 1.12. The zero-order valence-electron chi connectivity index (χ0n) is 6.74. The van der Waals surface area contributed by atoms with Crippen LogP contribution in [-0.2, 0) is 0 Å². The molecule has 0 amide bonds. The third-order valence-electron chi connectivity index (χ3n) is 1.60. The van der Waals surface area contributed by atoms with Crippen molar-refractivity contribution < 1.29 is 5.11 Å². The van der Waals surface area contributed by atoms with Gasteiger partial charge < -0.3 is 10.8 Å². The summed E-state index contributed by atoms with van der Waals surface area (Å²) in [5.74, 6) is 0. The van der Waals surface area contributed by atoms with E-state index in [4.69, 9.17) is 22.4 Å². The van der Waals surface area contributed by atoms with E-state index in [2.05, 4.69) is 4.98 Å². The zero-order valence-corrected chi connectivity index (χ0v) is 7.49. The molecule has 0 saturated heterocycles. The Hall–Kier alpha value is -0.640. The molecule has 0 saturated carbocycles. The number of pyridine rings is 1. The SMILES string of the molecule is CC(O)C(N)c1cccc(Cl)n1. The highest BCUT2D eigenvalue weighted by atomic mass is 35.5. The summed E-state index contributed by atoms with van der Waals surface area (Å²) < 4.78 is 0. The van der Waals surface area contributed by atoms with Gasteiger partial charge in [0.15, 0.2) is 0 Å². The number of aliphatic hydroxyl groups excluding tert-OH is 1. The Kier molecular flexibility index (Phi) is 3.03. The second-order valence-electron chi connectivity index (χ2n) is 2.65. The Morgan fingerprint density at radius 3 is 2.75 bits per heavy atom. The summed E-state index contributed by atoms with van der Waals surface area (Å²) in [5.41, 5.74) is 6.24. The van der Waals surface area contributed by atoms with Crippen molar-refractivity contribution in [1.82, 2.24) is 4.98 Å². The minimum Gasteiger partial charge on any atom is -0.391 e. The molecule has 0 aliphatic heterocycles. The van der Waals surface area contributed by atoms with Crippen LogP contribution in [0.25, 0.3) is 0 Å². The van der Waals surface area contributed by atoms with Crippen molar-refractivity contribution in [3.05, 3.63) is 29.0 Å². The van der Waals surface area contributed by atoms with E-state index < -0.39 is 12.1 Å². The van der Waals surface area contributed by atoms with Crippen LogP contribution in [0.5, 0.6) is 0 Å². The van der Waals surface area contributed by atoms with E-state index in [1.807, 2.05) is 0 Å². The summed E-state index contributed by atoms with van der Waals surface area (Å²) in [6, 6.07) is 4.69. The van der Waals surface area contributed by atoms with Crippen molar-refractivity contribution in [3.63, 3.8) is 0 Å². The summed E-state index contributed by atoms with van der Waals surface area (Å²) in [6.45, 7) is 1.62. The number of hydrogen-bond acceptors (Lipinski definition) is 3. The molecule has 1 aromatic heterocycles. The lowest BCUT2D eigenvalue weighted by atomic mass is 10.1. The maximum absolute atomic E-state index is 9.16. The lowest BCUT2D eigenvalue weighted by Gasteiger charge is -2.13. The highest BCUT2D eigenvalue weighted by Crippen LogP contribution is 2.13. The Balaban J connectivity index is 2.88. The quantitative estimate of drug-likeness (QED) is 0.681. The van der Waals surface area contributed by atoms with Crippen molar-refractivity contribution in [2.75, 3.05) is 0 Å². The smallest absolute Gasteiger partial charge is 0.129 e. The second kappa shape index (κ2) is 3.85. The molecule has 0 aromatic carbocycles. The summed E-state index contributed by atoms with van der Waals surface area (Å²) in [7, 11) is 0. The topological polar surface area (TPSA) is 59.1 Å². The summed E-state index contributed by atoms with van der Waals surface area (Å²) in [6.07, 6.45) is -0.615. The molecule has 2 unspecified atom stereocenters. The number of halogens is 1. The number of nitrogens with two attached hydrogens (primary N) is 1. The van der Waals surface area contributed by atoms with Crippen LogP contribution in [0.15, 0.2) is 18.2 Å². The fraction of sp³-hybridized carbons (Fsp3) is 0.375. The van der Waals surface area contributed by atoms with Crippen LogP contribution >= 0.6 is 11.6 Å². The molecule has 3 nitrogen and oxygen atoms in total. The van der Waals surface area contributed by atoms with Gasteiger partial charge >= 0.3 is 0 Å². The highest BCUT2D eigenvalue weighted by Gasteiger charge is 2.12. The lowest BCUT2D eigenvalue weighted by Crippen LogP contribution is -2.24. The molecular formula is C8H11ClN2O. The van der Waals surface area contributed by atoms with Gasteiger partial charge in [0.25, 0.3) is 0 Å². The Bertz CT molecular complexity index is 265. The molecule has 0 bridgehead atoms. The van der Waals surface area contributed by atoms with Gasteiger partial charge in [-0.05, 0) is 19.1 Å². The Morgan fingerprint density at radius 2 is 2.25 bits per heavy atom. The first-order valence-corrected chi connectivity index (χ1v) is 4.05. The van der Waals surface area contributed by atoms with Crippen molar-refractivity contribution in [3.8, 4) is 0 Å². The van der Waals surface area contributed by atoms with Gasteiger partial charge in [-0.3, -0.25) is 0 Å². The molecule has 12 heavy (non-hydrogen) atoms. The molecule has 1 aromatic rings. The number of nitrogens with zero attached hydrogens (tertiary/aromatic N) is 1. The van der Waals surface area contributed by atoms with Gasteiger partial charge in [-0.15, -0.1) is 0 Å². The highest BCUT2D eigenvalue weighted by molar-refractivity contribution is 6.29. The minimum absolute atomic E-state index is 0.392. The monoisotopic (exact) mass is 186 g/mol. The Labute approximate surface area is 76.2 Å². The minimum atomic E-state index is -0.615. The fourth-order valence-electron chi connectivity index (χ4n) is 0.857. The molecule has 1 rings (SSSR count). The van der Waals surface area contributed by atoms with E-state index in [0.29, 0.717) is 10.8 Å². The lowest BCUT2D eigenvalue weighted by molar-refractivity contribution is 0.162. The van der Waals surface area contributed by atoms with E-state index in [9.17, 15) is 0 Å². The molecule has 0 radical (unpaired) electrons. The first kappa shape index (κ1) is 9.45. The molecular weight excluding hydrogens is 176 g/mol. The number of rotatable bonds is 2. The zero-order chi connectivity index (χ0) is 9.14. The number of aromatic nitrogens is 1. The van der Waals surface area contributed by atoms with Gasteiger partial charge in [-0.1, -0.05) is 17.7 Å². The van der Waals surface area contributed by atoms with Crippen molar-refractivity contribution in [2.45, 2.75) is 19.1 Å². The van der Waals surface area contributed by atoms with Gasteiger partial charge in [0.05, 0.1) is 17.8 Å². The van der Waals surface area contributed by atoms with E-state index in [-0.39, 0.29) is 0 Å². The molecule has 66 valence electrons. The second-order valence-corrected chi connectivity index (χ2v) is 3.04. The van der Waals surface area contributed by atoms with Crippen LogP contribution < -0.4 is 5.73 Å². The van der Waals surface area contributed by atoms with Crippen LogP contribution in [-0.4, -0.2) is 16.2 Å². The van der Waals surface area contributed by atoms with Crippen molar-refractivity contribution >= 4 is 11.6 Å². The van der Waals surface area contributed by atoms with Crippen molar-refractivity contribution in [1.29, 1.82) is 0 Å². The largest absolute Gasteiger partial charge is 0.391 e. The summed E-state index contributed by atoms with van der Waals surface area (Å²) in [4.78, 5) is 3.97. The van der Waals surface area contributed by atoms with Gasteiger partial charge in [-0.2, -0.15) is 0 Å². The molecule has 1 heterocycles. The average molecular weight is 187 g/mol. The molecule has 0 fully saturated rings. The molecule has 3 N–H and O–H groups in total. The molecule has 0 aliphatic rings. The van der Waals surface area contributed by atoms with Gasteiger partial charge in [0.1, 0.15) is 5.15 Å². The van der Waals surface area contributed by atoms with Gasteiger partial charge in [0, 0.05) is 0 Å². The van der Waals surface area contributed by atoms with Gasteiger partial charge in [0.2, 0.25) is 0 Å². The first-order chi connectivity index (χ1) is 5.61. The van der Waals surface area contributed by atoms with E-state index in [1.165, 1.54) is 0 Å². The third kappa shape index (κ3) is 2.17. The van der Waals surface area contributed by atoms with E-state index in [1.54, 1.807) is 25.1 Å². The number of hydrogen-bond donors (Lipinski definition) is 2. The normalized spacial score (nSPS) is 15.7. The maximum atomic E-state index is 9.16. The standard InChI is InChI=1S/C8H11ClN2O/c1-5(12)8(10)6-3-2-4-7(9)11-6/h2-5,8,12H,10H2,1H3. The fourth-order valence-corrected chi connectivity index (χ4v) is 1.03. The predicted molar refractivity (Wildman–Crippen MR) is 47.9 cm³/mol. The van der Waals surface area contributed by atoms with Crippen LogP contribution in [0.2, 0.25) is 5.15 Å². The van der Waals surface area contributed by atoms with Crippen molar-refractivity contribution in [2.24, 2.45) is 5.73 Å². The maximum Gasteiger partial charge on any atom is 0.129 e. The molecule has 4 heteroatoms. The Morgan fingerprint density at radius 1 is 1.58 bits per heavy atom. The summed E-state index contributed by atoms with van der Waals surface area (Å²) >= 11 is 5.65. The van der Waals surface area contributed by atoms with Crippen LogP contribution in [0, 0.1) is 0 Å². The first-order valence-electron chi connectivity index (χ1n) is 3.67. The average Bonchev–Trinajstić information content (AvgIpc) is 2.03. The van der Waals surface area contributed by atoms with Gasteiger partial charge in [-0.25, -0.2) is 4.98 Å². The van der Waals surface area contributed by atoms with Crippen LogP contribution in [0.4, 0.5) is 0 Å². The number of aliphatic hydroxyl groups is 1. The van der Waals surface area contributed by atoms with Crippen LogP contribution in [0.3, 0.4) is 0 Å². The van der Waals surface area contributed by atoms with E-state index >= 15 is 0 Å².